The van der Waals surface area contributed by atoms with Crippen molar-refractivity contribution in [3.05, 3.63) is 0 Å². The van der Waals surface area contributed by atoms with Gasteiger partial charge >= 0.3 is 5.97 Å². The Hall–Kier alpha value is -0.570. The zero-order valence-electron chi connectivity index (χ0n) is 8.50. The van der Waals surface area contributed by atoms with Gasteiger partial charge in [-0.3, -0.25) is 4.79 Å². The predicted molar refractivity (Wildman–Crippen MR) is 52.1 cm³/mol. The Bertz CT molecular complexity index is 215. The second-order valence-electron chi connectivity index (χ2n) is 4.63. The number of carboxylic acids is 1. The summed E-state index contributed by atoms with van der Waals surface area (Å²) in [5, 5.41) is 9.16. The summed E-state index contributed by atoms with van der Waals surface area (Å²) >= 11 is 0. The topological polar surface area (TPSA) is 46.5 Å². The lowest BCUT2D eigenvalue weighted by Gasteiger charge is -2.40. The second kappa shape index (κ2) is 3.89. The van der Waals surface area contributed by atoms with Crippen molar-refractivity contribution in [3.63, 3.8) is 0 Å². The van der Waals surface area contributed by atoms with Gasteiger partial charge < -0.3 is 9.84 Å². The molecule has 3 nitrogen and oxygen atoms in total. The van der Waals surface area contributed by atoms with Crippen LogP contribution in [-0.4, -0.2) is 23.8 Å². The number of carboxylic acid groups (broad SMARTS) is 1. The summed E-state index contributed by atoms with van der Waals surface area (Å²) in [6.07, 6.45) is 7.10. The van der Waals surface area contributed by atoms with Crippen LogP contribution in [-0.2, 0) is 9.53 Å². The Labute approximate surface area is 84.4 Å². The van der Waals surface area contributed by atoms with E-state index in [4.69, 9.17) is 9.84 Å². The maximum absolute atomic E-state index is 11.1. The van der Waals surface area contributed by atoms with E-state index in [1.165, 1.54) is 6.42 Å². The first-order valence-corrected chi connectivity index (χ1v) is 5.58. The molecule has 0 bridgehead atoms. The summed E-state index contributed by atoms with van der Waals surface area (Å²) in [5.41, 5.74) is -0.429. The zero-order valence-corrected chi connectivity index (χ0v) is 8.50. The highest BCUT2D eigenvalue weighted by atomic mass is 16.5. The quantitative estimate of drug-likeness (QED) is 0.756. The van der Waals surface area contributed by atoms with Gasteiger partial charge in [0.05, 0.1) is 11.5 Å². The number of carbonyl (C=O) groups is 1. The predicted octanol–water partition coefficient (Wildman–Crippen LogP) is 2.20. The zero-order chi connectivity index (χ0) is 10.0. The Morgan fingerprint density at radius 1 is 1.36 bits per heavy atom. The first-order valence-electron chi connectivity index (χ1n) is 5.58. The standard InChI is InChI=1S/C11H18O3/c12-10(13)11(5-3-6-11)8-9-4-1-2-7-14-9/h9H,1-8H2,(H,12,13). The monoisotopic (exact) mass is 198 g/mol. The lowest BCUT2D eigenvalue weighted by Crippen LogP contribution is -2.42. The Balaban J connectivity index is 1.90. The molecule has 3 heteroatoms. The van der Waals surface area contributed by atoms with Gasteiger partial charge in [-0.05, 0) is 38.5 Å². The molecule has 80 valence electrons. The van der Waals surface area contributed by atoms with Crippen molar-refractivity contribution in [2.24, 2.45) is 5.41 Å². The summed E-state index contributed by atoms with van der Waals surface area (Å²) in [5.74, 6) is -0.613. The fourth-order valence-electron chi connectivity index (χ4n) is 2.51. The van der Waals surface area contributed by atoms with Crippen molar-refractivity contribution in [2.75, 3.05) is 6.61 Å². The molecule has 1 atom stereocenters. The molecule has 0 aromatic heterocycles. The molecule has 0 spiro atoms. The number of hydrogen-bond donors (Lipinski definition) is 1. The van der Waals surface area contributed by atoms with Crippen LogP contribution in [0.25, 0.3) is 0 Å². The molecule has 0 amide bonds. The largest absolute Gasteiger partial charge is 0.481 e. The van der Waals surface area contributed by atoms with Crippen LogP contribution in [0, 0.1) is 5.41 Å². The van der Waals surface area contributed by atoms with Gasteiger partial charge in [-0.2, -0.15) is 0 Å². The van der Waals surface area contributed by atoms with E-state index < -0.39 is 11.4 Å². The molecule has 2 aliphatic rings. The molecule has 0 radical (unpaired) electrons. The number of aliphatic carboxylic acids is 1. The fraction of sp³-hybridized carbons (Fsp3) is 0.909. The molecule has 1 aliphatic heterocycles. The maximum atomic E-state index is 11.1. The van der Waals surface area contributed by atoms with Crippen LogP contribution in [0.15, 0.2) is 0 Å². The van der Waals surface area contributed by atoms with Crippen LogP contribution in [0.3, 0.4) is 0 Å². The van der Waals surface area contributed by atoms with E-state index in [2.05, 4.69) is 0 Å². The fourth-order valence-corrected chi connectivity index (χ4v) is 2.51. The van der Waals surface area contributed by atoms with Crippen LogP contribution in [0.5, 0.6) is 0 Å². The van der Waals surface area contributed by atoms with Gasteiger partial charge in [0, 0.05) is 6.61 Å². The van der Waals surface area contributed by atoms with Gasteiger partial charge in [0.25, 0.3) is 0 Å². The third-order valence-electron chi connectivity index (χ3n) is 3.66. The first-order chi connectivity index (χ1) is 6.73. The molecule has 1 aliphatic carbocycles. The molecule has 1 saturated heterocycles. The van der Waals surface area contributed by atoms with Gasteiger partial charge in [-0.15, -0.1) is 0 Å². The highest BCUT2D eigenvalue weighted by Crippen LogP contribution is 2.46. The van der Waals surface area contributed by atoms with Crippen molar-refractivity contribution in [1.82, 2.24) is 0 Å². The Morgan fingerprint density at radius 3 is 2.57 bits per heavy atom. The minimum atomic E-state index is -0.613. The average Bonchev–Trinajstić information content (AvgIpc) is 2.12. The van der Waals surface area contributed by atoms with Crippen molar-refractivity contribution in [3.8, 4) is 0 Å². The molecule has 2 fully saturated rings. The smallest absolute Gasteiger partial charge is 0.309 e. The number of ether oxygens (including phenoxy) is 1. The van der Waals surface area contributed by atoms with E-state index in [-0.39, 0.29) is 6.10 Å². The first kappa shape index (κ1) is 9.97. The van der Waals surface area contributed by atoms with Gasteiger partial charge in [0.1, 0.15) is 0 Å². The van der Waals surface area contributed by atoms with Crippen LogP contribution >= 0.6 is 0 Å². The van der Waals surface area contributed by atoms with E-state index in [0.717, 1.165) is 45.1 Å². The van der Waals surface area contributed by atoms with E-state index in [0.29, 0.717) is 0 Å². The van der Waals surface area contributed by atoms with Gasteiger partial charge in [-0.1, -0.05) is 6.42 Å². The lowest BCUT2D eigenvalue weighted by molar-refractivity contribution is -0.159. The van der Waals surface area contributed by atoms with Crippen molar-refractivity contribution < 1.29 is 14.6 Å². The van der Waals surface area contributed by atoms with Gasteiger partial charge in [0.15, 0.2) is 0 Å². The number of hydrogen-bond acceptors (Lipinski definition) is 2. The molecule has 0 aromatic carbocycles. The van der Waals surface area contributed by atoms with Gasteiger partial charge in [-0.25, -0.2) is 0 Å². The highest BCUT2D eigenvalue weighted by molar-refractivity contribution is 5.75. The van der Waals surface area contributed by atoms with E-state index >= 15 is 0 Å². The summed E-state index contributed by atoms with van der Waals surface area (Å²) in [6, 6.07) is 0. The molecule has 1 saturated carbocycles. The summed E-state index contributed by atoms with van der Waals surface area (Å²) in [7, 11) is 0. The van der Waals surface area contributed by atoms with Crippen LogP contribution in [0.2, 0.25) is 0 Å². The van der Waals surface area contributed by atoms with E-state index in [9.17, 15) is 4.79 Å². The minimum Gasteiger partial charge on any atom is -0.481 e. The average molecular weight is 198 g/mol. The molecule has 1 unspecified atom stereocenters. The minimum absolute atomic E-state index is 0.208. The SMILES string of the molecule is O=C(O)C1(CC2CCCCO2)CCC1. The van der Waals surface area contributed by atoms with Crippen LogP contribution < -0.4 is 0 Å². The Kier molecular flexibility index (Phi) is 2.77. The molecule has 1 N–H and O–H groups in total. The summed E-state index contributed by atoms with van der Waals surface area (Å²) < 4.78 is 5.60. The molecule has 14 heavy (non-hydrogen) atoms. The summed E-state index contributed by atoms with van der Waals surface area (Å²) in [4.78, 5) is 11.1. The molecule has 2 rings (SSSR count). The highest BCUT2D eigenvalue weighted by Gasteiger charge is 2.46. The normalized spacial score (nSPS) is 30.7. The molecular formula is C11H18O3. The number of rotatable bonds is 3. The van der Waals surface area contributed by atoms with Crippen LogP contribution in [0.1, 0.15) is 44.9 Å². The lowest BCUT2D eigenvalue weighted by atomic mass is 9.65. The maximum Gasteiger partial charge on any atom is 0.309 e. The van der Waals surface area contributed by atoms with Crippen LogP contribution in [0.4, 0.5) is 0 Å². The second-order valence-corrected chi connectivity index (χ2v) is 4.63. The van der Waals surface area contributed by atoms with E-state index in [1.54, 1.807) is 0 Å². The van der Waals surface area contributed by atoms with Crippen molar-refractivity contribution in [1.29, 1.82) is 0 Å². The summed E-state index contributed by atoms with van der Waals surface area (Å²) in [6.45, 7) is 0.820. The third-order valence-corrected chi connectivity index (χ3v) is 3.66. The molecule has 1 heterocycles. The molecule has 0 aromatic rings. The Morgan fingerprint density at radius 2 is 2.14 bits per heavy atom. The van der Waals surface area contributed by atoms with Gasteiger partial charge in [0.2, 0.25) is 0 Å². The molecular weight excluding hydrogens is 180 g/mol. The van der Waals surface area contributed by atoms with Crippen molar-refractivity contribution >= 4 is 5.97 Å². The van der Waals surface area contributed by atoms with Crippen molar-refractivity contribution in [2.45, 2.75) is 51.0 Å². The third kappa shape index (κ3) is 1.78. The van der Waals surface area contributed by atoms with E-state index in [1.807, 2.05) is 0 Å².